The lowest BCUT2D eigenvalue weighted by atomic mass is 10.1. The van der Waals surface area contributed by atoms with Crippen LogP contribution in [0.5, 0.6) is 5.75 Å². The molecule has 4 rings (SSSR count). The maximum absolute atomic E-state index is 12.4. The van der Waals surface area contributed by atoms with Crippen LogP contribution in [0.4, 0.5) is 5.69 Å². The summed E-state index contributed by atoms with van der Waals surface area (Å²) in [5, 5.41) is 4.06. The molecule has 0 aliphatic heterocycles. The number of carbonyl (C=O) groups excluding carboxylic acids is 1. The topological polar surface area (TPSA) is 54.1 Å². The van der Waals surface area contributed by atoms with Crippen molar-refractivity contribution < 1.29 is 9.53 Å². The number of ether oxygens (including phenoxy) is 1. The molecule has 0 spiro atoms. The Morgan fingerprint density at radius 1 is 1.12 bits per heavy atom. The molecule has 1 aliphatic carbocycles. The van der Waals surface area contributed by atoms with Gasteiger partial charge in [0.25, 0.3) is 0 Å². The van der Waals surface area contributed by atoms with Gasteiger partial charge < -0.3 is 15.0 Å². The molecule has 1 aliphatic rings. The molecule has 4 heteroatoms. The molecule has 1 fully saturated rings. The fourth-order valence-electron chi connectivity index (χ4n) is 3.64. The Labute approximate surface area is 153 Å². The predicted molar refractivity (Wildman–Crippen MR) is 105 cm³/mol. The zero-order valence-corrected chi connectivity index (χ0v) is 14.8. The van der Waals surface area contributed by atoms with Crippen LogP contribution in [0.2, 0.25) is 0 Å². The van der Waals surface area contributed by atoms with Gasteiger partial charge in [-0.15, -0.1) is 0 Å². The van der Waals surface area contributed by atoms with Gasteiger partial charge in [0.2, 0.25) is 5.91 Å². The summed E-state index contributed by atoms with van der Waals surface area (Å²) in [4.78, 5) is 15.5. The molecule has 0 saturated heterocycles. The number of hydrogen-bond donors (Lipinski definition) is 2. The van der Waals surface area contributed by atoms with Crippen LogP contribution < -0.4 is 10.1 Å². The zero-order chi connectivity index (χ0) is 17.8. The van der Waals surface area contributed by atoms with E-state index in [4.69, 9.17) is 4.74 Å². The molecule has 26 heavy (non-hydrogen) atoms. The molecular weight excluding hydrogens is 324 g/mol. The van der Waals surface area contributed by atoms with Crippen molar-refractivity contribution in [2.75, 3.05) is 5.32 Å². The van der Waals surface area contributed by atoms with Crippen LogP contribution in [0.25, 0.3) is 10.9 Å². The fourth-order valence-corrected chi connectivity index (χ4v) is 3.64. The molecular formula is C22H24N2O2. The van der Waals surface area contributed by atoms with E-state index in [0.29, 0.717) is 18.9 Å². The average Bonchev–Trinajstić information content (AvgIpc) is 3.32. The summed E-state index contributed by atoms with van der Waals surface area (Å²) >= 11 is 0. The van der Waals surface area contributed by atoms with Crippen molar-refractivity contribution in [2.24, 2.45) is 0 Å². The van der Waals surface area contributed by atoms with Crippen LogP contribution in [0.3, 0.4) is 0 Å². The van der Waals surface area contributed by atoms with E-state index < -0.39 is 0 Å². The number of hydrogen-bond acceptors (Lipinski definition) is 2. The average molecular weight is 348 g/mol. The number of nitrogens with one attached hydrogen (secondary N) is 2. The van der Waals surface area contributed by atoms with E-state index in [1.54, 1.807) is 0 Å². The Balaban J connectivity index is 1.34. The number of benzene rings is 2. The number of carbonyl (C=O) groups is 1. The van der Waals surface area contributed by atoms with E-state index in [1.807, 2.05) is 42.6 Å². The fraction of sp³-hybridized carbons (Fsp3) is 0.318. The van der Waals surface area contributed by atoms with Crippen LogP contribution in [0.15, 0.2) is 54.7 Å². The Hall–Kier alpha value is -2.75. The molecule has 0 bridgehead atoms. The minimum atomic E-state index is 0.0285. The first-order chi connectivity index (χ1) is 12.8. The van der Waals surface area contributed by atoms with E-state index in [2.05, 4.69) is 22.4 Å². The summed E-state index contributed by atoms with van der Waals surface area (Å²) in [5.74, 6) is 0.952. The third kappa shape index (κ3) is 3.90. The third-order valence-electron chi connectivity index (χ3n) is 5.01. The minimum absolute atomic E-state index is 0.0285. The van der Waals surface area contributed by atoms with Crippen molar-refractivity contribution in [3.05, 3.63) is 60.3 Å². The number of rotatable bonds is 6. The first-order valence-corrected chi connectivity index (χ1v) is 9.39. The molecule has 1 amide bonds. The molecule has 3 aromatic rings. The standard InChI is InChI=1S/C22H24N2O2/c25-22(24-21-10-4-9-20-19(21)13-14-23-20)12-11-16-5-3-8-18(15-16)26-17-6-1-2-7-17/h3-5,8-10,13-15,17,23H,1-2,6-7,11-12H2,(H,24,25). The highest BCUT2D eigenvalue weighted by atomic mass is 16.5. The summed E-state index contributed by atoms with van der Waals surface area (Å²) in [6.45, 7) is 0. The van der Waals surface area contributed by atoms with Crippen molar-refractivity contribution in [3.8, 4) is 5.75 Å². The SMILES string of the molecule is O=C(CCc1cccc(OC2CCCC2)c1)Nc1cccc2[nH]ccc12. The molecule has 134 valence electrons. The van der Waals surface area contributed by atoms with Crippen LogP contribution in [-0.4, -0.2) is 17.0 Å². The molecule has 2 N–H and O–H groups in total. The van der Waals surface area contributed by atoms with Gasteiger partial charge in [0, 0.05) is 23.5 Å². The summed E-state index contributed by atoms with van der Waals surface area (Å²) in [5.41, 5.74) is 3.02. The van der Waals surface area contributed by atoms with Gasteiger partial charge in [0.15, 0.2) is 0 Å². The molecule has 1 aromatic heterocycles. The van der Waals surface area contributed by atoms with Crippen LogP contribution >= 0.6 is 0 Å². The number of amides is 1. The predicted octanol–water partition coefficient (Wildman–Crippen LogP) is 5.06. The van der Waals surface area contributed by atoms with E-state index in [-0.39, 0.29) is 5.91 Å². The van der Waals surface area contributed by atoms with Gasteiger partial charge in [0.1, 0.15) is 5.75 Å². The van der Waals surface area contributed by atoms with Gasteiger partial charge in [0.05, 0.1) is 11.8 Å². The highest BCUT2D eigenvalue weighted by Gasteiger charge is 2.16. The van der Waals surface area contributed by atoms with Gasteiger partial charge >= 0.3 is 0 Å². The lowest BCUT2D eigenvalue weighted by Crippen LogP contribution is -2.13. The first-order valence-electron chi connectivity index (χ1n) is 9.39. The largest absolute Gasteiger partial charge is 0.490 e. The lowest BCUT2D eigenvalue weighted by Gasteiger charge is -2.14. The highest BCUT2D eigenvalue weighted by molar-refractivity contribution is 6.01. The second kappa shape index (κ2) is 7.65. The Bertz CT molecular complexity index is 894. The van der Waals surface area contributed by atoms with Gasteiger partial charge in [-0.25, -0.2) is 0 Å². The van der Waals surface area contributed by atoms with E-state index in [1.165, 1.54) is 12.8 Å². The number of H-pyrrole nitrogens is 1. The van der Waals surface area contributed by atoms with E-state index >= 15 is 0 Å². The second-order valence-electron chi connectivity index (χ2n) is 6.96. The lowest BCUT2D eigenvalue weighted by molar-refractivity contribution is -0.116. The summed E-state index contributed by atoms with van der Waals surface area (Å²) in [7, 11) is 0. The van der Waals surface area contributed by atoms with Crippen molar-refractivity contribution in [2.45, 2.75) is 44.6 Å². The van der Waals surface area contributed by atoms with Crippen molar-refractivity contribution in [1.29, 1.82) is 0 Å². The number of anilines is 1. The molecule has 2 aromatic carbocycles. The van der Waals surface area contributed by atoms with Crippen molar-refractivity contribution >= 4 is 22.5 Å². The van der Waals surface area contributed by atoms with Crippen molar-refractivity contribution in [3.63, 3.8) is 0 Å². The Kier molecular flexibility index (Phi) is 4.91. The monoisotopic (exact) mass is 348 g/mol. The normalized spacial score (nSPS) is 14.6. The smallest absolute Gasteiger partial charge is 0.224 e. The van der Waals surface area contributed by atoms with Crippen LogP contribution in [0.1, 0.15) is 37.7 Å². The Morgan fingerprint density at radius 3 is 2.85 bits per heavy atom. The number of fused-ring (bicyclic) bond motifs is 1. The minimum Gasteiger partial charge on any atom is -0.490 e. The van der Waals surface area contributed by atoms with Crippen LogP contribution in [0, 0.1) is 0 Å². The maximum Gasteiger partial charge on any atom is 0.224 e. The van der Waals surface area contributed by atoms with Gasteiger partial charge in [-0.05, 0) is 68.0 Å². The van der Waals surface area contributed by atoms with E-state index in [0.717, 1.165) is 40.7 Å². The Morgan fingerprint density at radius 2 is 1.96 bits per heavy atom. The summed E-state index contributed by atoms with van der Waals surface area (Å²) in [6, 6.07) is 16.0. The molecule has 1 heterocycles. The number of aryl methyl sites for hydroxylation is 1. The second-order valence-corrected chi connectivity index (χ2v) is 6.96. The maximum atomic E-state index is 12.4. The first kappa shape index (κ1) is 16.7. The molecule has 1 saturated carbocycles. The quantitative estimate of drug-likeness (QED) is 0.654. The summed E-state index contributed by atoms with van der Waals surface area (Å²) in [6.07, 6.45) is 8.22. The summed E-state index contributed by atoms with van der Waals surface area (Å²) < 4.78 is 6.05. The third-order valence-corrected chi connectivity index (χ3v) is 5.01. The number of aromatic amines is 1. The van der Waals surface area contributed by atoms with Gasteiger partial charge in [-0.1, -0.05) is 18.2 Å². The zero-order valence-electron chi connectivity index (χ0n) is 14.8. The highest BCUT2D eigenvalue weighted by Crippen LogP contribution is 2.25. The van der Waals surface area contributed by atoms with Crippen molar-refractivity contribution in [1.82, 2.24) is 4.98 Å². The number of aromatic nitrogens is 1. The van der Waals surface area contributed by atoms with Crippen LogP contribution in [-0.2, 0) is 11.2 Å². The molecule has 4 nitrogen and oxygen atoms in total. The molecule has 0 unspecified atom stereocenters. The van der Waals surface area contributed by atoms with Gasteiger partial charge in [-0.3, -0.25) is 4.79 Å². The molecule has 0 atom stereocenters. The molecule has 0 radical (unpaired) electrons. The van der Waals surface area contributed by atoms with Gasteiger partial charge in [-0.2, -0.15) is 0 Å². The van der Waals surface area contributed by atoms with E-state index in [9.17, 15) is 4.79 Å².